The van der Waals surface area contributed by atoms with Crippen LogP contribution in [0.25, 0.3) is 0 Å². The third-order valence-electron chi connectivity index (χ3n) is 6.63. The van der Waals surface area contributed by atoms with Crippen LogP contribution in [0.4, 0.5) is 5.69 Å². The molecule has 3 amide bonds. The van der Waals surface area contributed by atoms with Crippen LogP contribution in [0.3, 0.4) is 0 Å². The van der Waals surface area contributed by atoms with Crippen molar-refractivity contribution in [3.63, 3.8) is 0 Å². The van der Waals surface area contributed by atoms with Crippen LogP contribution in [0.15, 0.2) is 47.2 Å². The van der Waals surface area contributed by atoms with E-state index in [1.165, 1.54) is 28.9 Å². The molecule has 0 spiro atoms. The molecule has 2 N–H and O–H groups in total. The van der Waals surface area contributed by atoms with Gasteiger partial charge in [-0.05, 0) is 48.8 Å². The van der Waals surface area contributed by atoms with E-state index in [0.717, 1.165) is 0 Å². The summed E-state index contributed by atoms with van der Waals surface area (Å²) in [4.78, 5) is 54.0. The van der Waals surface area contributed by atoms with Crippen molar-refractivity contribution in [3.8, 4) is 5.75 Å². The van der Waals surface area contributed by atoms with Crippen LogP contribution >= 0.6 is 0 Å². The molecule has 0 saturated carbocycles. The Morgan fingerprint density at radius 2 is 1.84 bits per heavy atom. The van der Waals surface area contributed by atoms with E-state index in [0.29, 0.717) is 42.8 Å². The van der Waals surface area contributed by atoms with E-state index in [1.54, 1.807) is 23.1 Å². The number of hydrogen-bond donors (Lipinski definition) is 2. The van der Waals surface area contributed by atoms with Gasteiger partial charge in [0.2, 0.25) is 5.91 Å². The molecular weight excluding hydrogens is 425 g/mol. The van der Waals surface area contributed by atoms with E-state index in [9.17, 15) is 29.4 Å². The van der Waals surface area contributed by atoms with Gasteiger partial charge in [-0.3, -0.25) is 19.3 Å². The van der Waals surface area contributed by atoms with E-state index in [2.05, 4.69) is 0 Å². The fourth-order valence-corrected chi connectivity index (χ4v) is 5.26. The normalized spacial score (nSPS) is 27.5. The Hall–Kier alpha value is -2.62. The van der Waals surface area contributed by atoms with Crippen molar-refractivity contribution in [1.82, 2.24) is 9.80 Å². The number of allylic oxidation sites excluding steroid dienone is 2. The summed E-state index contributed by atoms with van der Waals surface area (Å²) in [6.07, 6.45) is 2.45. The van der Waals surface area contributed by atoms with Crippen LogP contribution in [0.2, 0.25) is 0 Å². The number of aromatic hydroxyl groups is 1. The molecule has 0 aromatic heterocycles. The van der Waals surface area contributed by atoms with Gasteiger partial charge in [0, 0.05) is 37.2 Å². The summed E-state index contributed by atoms with van der Waals surface area (Å²) in [6, 6.07) is 5.42. The summed E-state index contributed by atoms with van der Waals surface area (Å²) in [7, 11) is 0. The first kappa shape index (κ1) is 22.6. The van der Waals surface area contributed by atoms with Crippen molar-refractivity contribution in [1.29, 1.82) is 0 Å². The van der Waals surface area contributed by atoms with Crippen LogP contribution < -0.4 is 4.90 Å². The van der Waals surface area contributed by atoms with Crippen molar-refractivity contribution in [2.24, 2.45) is 5.92 Å². The van der Waals surface area contributed by atoms with Gasteiger partial charge < -0.3 is 20.0 Å². The molecule has 4 aliphatic rings. The van der Waals surface area contributed by atoms with E-state index in [1.807, 2.05) is 0 Å². The van der Waals surface area contributed by atoms with Gasteiger partial charge >= 0.3 is 35.5 Å². The number of phenols is 1. The molecule has 0 aliphatic carbocycles. The topological polar surface area (TPSA) is 118 Å². The summed E-state index contributed by atoms with van der Waals surface area (Å²) in [5.41, 5.74) is 1.49. The zero-order valence-corrected chi connectivity index (χ0v) is 16.8. The molecular formula is C22H22N3NaO6. The first-order valence-corrected chi connectivity index (χ1v) is 10.2. The number of hydrogen-bond acceptors (Lipinski definition) is 5. The Morgan fingerprint density at radius 3 is 2.47 bits per heavy atom. The number of carbonyl (C=O) groups excluding carboxylic acids is 3. The third kappa shape index (κ3) is 3.27. The standard InChI is InChI=1S/C22H21N3O6.Na.H/c1-11(26)24-10-14-9-13(18(22(30)31)25-17(14)19(24)21(25)29)8-12-6-7-23(20(12)28)15-2-4-16(27)5-3-15;;/h2-5,8,14,17,19,27H,6-7,9-10H2,1H3,(H,30,31);;/b12-8+;;/t14-,17-,19+;;/m1../s1. The van der Waals surface area contributed by atoms with Crippen molar-refractivity contribution in [2.75, 3.05) is 18.0 Å². The summed E-state index contributed by atoms with van der Waals surface area (Å²) < 4.78 is 0. The molecule has 4 aliphatic heterocycles. The fourth-order valence-electron chi connectivity index (χ4n) is 5.26. The van der Waals surface area contributed by atoms with Crippen molar-refractivity contribution in [3.05, 3.63) is 47.2 Å². The van der Waals surface area contributed by atoms with Crippen molar-refractivity contribution in [2.45, 2.75) is 31.8 Å². The second-order valence-electron chi connectivity index (χ2n) is 8.35. The first-order valence-electron chi connectivity index (χ1n) is 10.2. The average Bonchev–Trinajstić information content (AvgIpc) is 3.27. The summed E-state index contributed by atoms with van der Waals surface area (Å²) >= 11 is 0. The molecule has 32 heavy (non-hydrogen) atoms. The Morgan fingerprint density at radius 1 is 1.16 bits per heavy atom. The second kappa shape index (κ2) is 8.06. The van der Waals surface area contributed by atoms with Crippen LogP contribution in [0.5, 0.6) is 5.75 Å². The third-order valence-corrected chi connectivity index (χ3v) is 6.63. The van der Waals surface area contributed by atoms with E-state index < -0.39 is 12.0 Å². The minimum absolute atomic E-state index is 0. The number of carbonyl (C=O) groups is 4. The zero-order chi connectivity index (χ0) is 22.0. The molecule has 162 valence electrons. The number of carboxylic acids is 1. The molecule has 0 radical (unpaired) electrons. The van der Waals surface area contributed by atoms with Gasteiger partial charge in [0.15, 0.2) is 0 Å². The van der Waals surface area contributed by atoms with Gasteiger partial charge in [0.25, 0.3) is 11.8 Å². The molecule has 0 bridgehead atoms. The fraction of sp³-hybridized carbons (Fsp3) is 0.364. The van der Waals surface area contributed by atoms with Crippen LogP contribution in [-0.2, 0) is 19.2 Å². The summed E-state index contributed by atoms with van der Waals surface area (Å²) in [5.74, 6) is -1.95. The van der Waals surface area contributed by atoms with E-state index >= 15 is 0 Å². The van der Waals surface area contributed by atoms with Gasteiger partial charge in [-0.25, -0.2) is 4.79 Å². The first-order chi connectivity index (χ1) is 14.8. The molecule has 9 nitrogen and oxygen atoms in total. The Kier molecular flexibility index (Phi) is 5.68. The van der Waals surface area contributed by atoms with Gasteiger partial charge in [-0.15, -0.1) is 0 Å². The van der Waals surface area contributed by atoms with Crippen LogP contribution in [-0.4, -0.2) is 98.4 Å². The van der Waals surface area contributed by atoms with Gasteiger partial charge in [-0.2, -0.15) is 0 Å². The minimum atomic E-state index is -1.21. The number of nitrogens with zero attached hydrogens (tertiary/aromatic N) is 3. The molecule has 5 rings (SSSR count). The Labute approximate surface area is 206 Å². The van der Waals surface area contributed by atoms with Crippen LogP contribution in [0, 0.1) is 5.92 Å². The van der Waals surface area contributed by atoms with Crippen molar-refractivity contribution >= 4 is 58.9 Å². The van der Waals surface area contributed by atoms with E-state index in [4.69, 9.17) is 0 Å². The molecule has 4 heterocycles. The molecule has 1 aromatic carbocycles. The summed E-state index contributed by atoms with van der Waals surface area (Å²) in [6.45, 7) is 2.26. The number of anilines is 1. The number of likely N-dealkylation sites (tertiary alicyclic amines) is 1. The Balaban J connectivity index is 0.00000245. The number of amides is 3. The van der Waals surface area contributed by atoms with E-state index in [-0.39, 0.29) is 70.7 Å². The number of β-lactam (4-membered cyclic amide) rings is 1. The molecule has 3 fully saturated rings. The Bertz CT molecular complexity index is 1100. The summed E-state index contributed by atoms with van der Waals surface area (Å²) in [5, 5.41) is 19.3. The number of benzene rings is 1. The van der Waals surface area contributed by atoms with Gasteiger partial charge in [-0.1, -0.05) is 0 Å². The van der Waals surface area contributed by atoms with Gasteiger partial charge in [0.05, 0.1) is 6.04 Å². The maximum atomic E-state index is 13.0. The molecule has 0 unspecified atom stereocenters. The number of carboxylic acid groups (broad SMARTS) is 1. The monoisotopic (exact) mass is 447 g/mol. The number of phenolic OH excluding ortho intramolecular Hbond substituents is 1. The quantitative estimate of drug-likeness (QED) is 0.389. The maximum absolute atomic E-state index is 13.0. The van der Waals surface area contributed by atoms with Gasteiger partial charge in [0.1, 0.15) is 17.5 Å². The molecule has 3 atom stereocenters. The predicted molar refractivity (Wildman–Crippen MR) is 115 cm³/mol. The number of rotatable bonds is 3. The molecule has 1 aromatic rings. The number of aliphatic carboxylic acids is 1. The predicted octanol–water partition coefficient (Wildman–Crippen LogP) is 0.207. The van der Waals surface area contributed by atoms with Crippen LogP contribution in [0.1, 0.15) is 19.8 Å². The molecule has 10 heteroatoms. The zero-order valence-electron chi connectivity index (χ0n) is 16.8. The average molecular weight is 447 g/mol. The second-order valence-corrected chi connectivity index (χ2v) is 8.35. The van der Waals surface area contributed by atoms with Crippen molar-refractivity contribution < 1.29 is 29.4 Å². The SMILES string of the molecule is CC(=O)N1C[C@H]2CC(/C=C3\CCN(c4ccc(O)cc4)C3=O)=C(C(=O)O)N3C(=O)[C@@H]1[C@@H]23.[NaH]. The molecule has 3 saturated heterocycles.